The van der Waals surface area contributed by atoms with Crippen molar-refractivity contribution in [3.8, 4) is 5.75 Å². The summed E-state index contributed by atoms with van der Waals surface area (Å²) in [6.07, 6.45) is 0. The highest BCUT2D eigenvalue weighted by atomic mass is 79.9. The Morgan fingerprint density at radius 2 is 1.82 bits per heavy atom. The van der Waals surface area contributed by atoms with Crippen molar-refractivity contribution in [3.05, 3.63) is 58.6 Å². The van der Waals surface area contributed by atoms with Crippen LogP contribution in [-0.2, 0) is 16.6 Å². The lowest BCUT2D eigenvalue weighted by Gasteiger charge is -2.21. The molecule has 0 aromatic heterocycles. The smallest absolute Gasteiger partial charge is 0.243 e. The van der Waals surface area contributed by atoms with Crippen LogP contribution in [0.5, 0.6) is 5.75 Å². The number of sulfonamides is 1. The molecule has 0 aliphatic rings. The first-order valence-electron chi connectivity index (χ1n) is 6.86. The summed E-state index contributed by atoms with van der Waals surface area (Å²) in [7, 11) is -2.05. The molecule has 0 heterocycles. The van der Waals surface area contributed by atoms with E-state index in [2.05, 4.69) is 15.9 Å². The average Bonchev–Trinajstić information content (AvgIpc) is 2.53. The Balaban J connectivity index is 2.34. The standard InChI is InChI=1S/C16H18BrNO3S/c1-3-18(12-13-7-5-4-6-8-13)22(19,20)14-9-10-15(17)16(11-14)21-2/h4-11H,3,12H2,1-2H3. The quantitative estimate of drug-likeness (QED) is 0.764. The van der Waals surface area contributed by atoms with Gasteiger partial charge in [-0.05, 0) is 33.6 Å². The minimum atomic E-state index is -3.57. The van der Waals surface area contributed by atoms with Crippen LogP contribution in [0.25, 0.3) is 0 Å². The first-order chi connectivity index (χ1) is 10.5. The van der Waals surface area contributed by atoms with E-state index in [1.165, 1.54) is 17.5 Å². The van der Waals surface area contributed by atoms with E-state index in [4.69, 9.17) is 4.74 Å². The van der Waals surface area contributed by atoms with Crippen molar-refractivity contribution in [2.24, 2.45) is 0 Å². The number of benzene rings is 2. The van der Waals surface area contributed by atoms with Gasteiger partial charge in [0.2, 0.25) is 10.0 Å². The van der Waals surface area contributed by atoms with E-state index in [0.29, 0.717) is 18.8 Å². The zero-order valence-corrected chi connectivity index (χ0v) is 14.9. The largest absolute Gasteiger partial charge is 0.496 e. The fourth-order valence-electron chi connectivity index (χ4n) is 2.10. The van der Waals surface area contributed by atoms with E-state index in [1.54, 1.807) is 12.1 Å². The molecule has 4 nitrogen and oxygen atoms in total. The van der Waals surface area contributed by atoms with Gasteiger partial charge in [0, 0.05) is 19.2 Å². The van der Waals surface area contributed by atoms with Gasteiger partial charge < -0.3 is 4.74 Å². The van der Waals surface area contributed by atoms with Crippen LogP contribution in [0.4, 0.5) is 0 Å². The van der Waals surface area contributed by atoms with E-state index < -0.39 is 10.0 Å². The summed E-state index contributed by atoms with van der Waals surface area (Å²) in [5.41, 5.74) is 0.956. The fourth-order valence-corrected chi connectivity index (χ4v) is 3.97. The molecule has 0 aliphatic heterocycles. The molecule has 0 unspecified atom stereocenters. The van der Waals surface area contributed by atoms with Crippen LogP contribution in [-0.4, -0.2) is 26.4 Å². The average molecular weight is 384 g/mol. The first-order valence-corrected chi connectivity index (χ1v) is 9.10. The molecule has 2 rings (SSSR count). The topological polar surface area (TPSA) is 46.6 Å². The van der Waals surface area contributed by atoms with Gasteiger partial charge >= 0.3 is 0 Å². The molecule has 0 amide bonds. The molecule has 2 aromatic carbocycles. The number of nitrogens with zero attached hydrogens (tertiary/aromatic N) is 1. The normalized spacial score (nSPS) is 11.6. The minimum absolute atomic E-state index is 0.227. The number of hydrogen-bond acceptors (Lipinski definition) is 3. The number of ether oxygens (including phenoxy) is 1. The Bertz CT molecular complexity index is 732. The van der Waals surface area contributed by atoms with E-state index >= 15 is 0 Å². The Kier molecular flexibility index (Phi) is 5.61. The number of rotatable bonds is 6. The predicted octanol–water partition coefficient (Wildman–Crippen LogP) is 3.67. The molecule has 0 bridgehead atoms. The van der Waals surface area contributed by atoms with Crippen LogP contribution < -0.4 is 4.74 Å². The predicted molar refractivity (Wildman–Crippen MR) is 90.4 cm³/mol. The number of halogens is 1. The highest BCUT2D eigenvalue weighted by Crippen LogP contribution is 2.29. The summed E-state index contributed by atoms with van der Waals surface area (Å²) in [4.78, 5) is 0.227. The van der Waals surface area contributed by atoms with Crippen molar-refractivity contribution in [1.29, 1.82) is 0 Å². The molecular weight excluding hydrogens is 366 g/mol. The van der Waals surface area contributed by atoms with Gasteiger partial charge in [-0.2, -0.15) is 4.31 Å². The van der Waals surface area contributed by atoms with Crippen molar-refractivity contribution >= 4 is 26.0 Å². The van der Waals surface area contributed by atoms with Gasteiger partial charge in [-0.25, -0.2) is 8.42 Å². The van der Waals surface area contributed by atoms with Gasteiger partial charge in [-0.15, -0.1) is 0 Å². The highest BCUT2D eigenvalue weighted by Gasteiger charge is 2.24. The number of hydrogen-bond donors (Lipinski definition) is 0. The molecule has 0 saturated heterocycles. The van der Waals surface area contributed by atoms with Crippen molar-refractivity contribution in [2.45, 2.75) is 18.4 Å². The molecular formula is C16H18BrNO3S. The van der Waals surface area contributed by atoms with E-state index in [9.17, 15) is 8.42 Å². The molecule has 0 atom stereocenters. The third-order valence-electron chi connectivity index (χ3n) is 3.31. The molecule has 22 heavy (non-hydrogen) atoms. The second kappa shape index (κ2) is 7.26. The minimum Gasteiger partial charge on any atom is -0.496 e. The molecule has 0 saturated carbocycles. The Morgan fingerprint density at radius 1 is 1.14 bits per heavy atom. The lowest BCUT2D eigenvalue weighted by Crippen LogP contribution is -2.30. The van der Waals surface area contributed by atoms with Crippen LogP contribution in [0, 0.1) is 0 Å². The summed E-state index contributed by atoms with van der Waals surface area (Å²) in [5.74, 6) is 0.497. The molecule has 0 aliphatic carbocycles. The van der Waals surface area contributed by atoms with Gasteiger partial charge in [0.25, 0.3) is 0 Å². The molecule has 0 spiro atoms. The molecule has 118 valence electrons. The fraction of sp³-hybridized carbons (Fsp3) is 0.250. The zero-order valence-electron chi connectivity index (χ0n) is 12.5. The van der Waals surface area contributed by atoms with Gasteiger partial charge in [0.1, 0.15) is 5.75 Å². The lowest BCUT2D eigenvalue weighted by molar-refractivity contribution is 0.407. The van der Waals surface area contributed by atoms with Gasteiger partial charge in [-0.1, -0.05) is 37.3 Å². The maximum atomic E-state index is 12.8. The first kappa shape index (κ1) is 17.0. The molecule has 0 N–H and O–H groups in total. The van der Waals surface area contributed by atoms with Crippen LogP contribution in [0.15, 0.2) is 57.9 Å². The molecule has 0 fully saturated rings. The van der Waals surface area contributed by atoms with Gasteiger partial charge in [0.15, 0.2) is 0 Å². The molecule has 2 aromatic rings. The second-order valence-corrected chi connectivity index (χ2v) is 7.51. The van der Waals surface area contributed by atoms with Crippen LogP contribution in [0.2, 0.25) is 0 Å². The summed E-state index contributed by atoms with van der Waals surface area (Å²) in [5, 5.41) is 0. The Morgan fingerprint density at radius 3 is 2.41 bits per heavy atom. The molecule has 6 heteroatoms. The maximum absolute atomic E-state index is 12.8. The SMILES string of the molecule is CCN(Cc1ccccc1)S(=O)(=O)c1ccc(Br)c(OC)c1. The van der Waals surface area contributed by atoms with Crippen molar-refractivity contribution in [1.82, 2.24) is 4.31 Å². The van der Waals surface area contributed by atoms with E-state index in [0.717, 1.165) is 10.0 Å². The third kappa shape index (κ3) is 3.69. The highest BCUT2D eigenvalue weighted by molar-refractivity contribution is 9.10. The van der Waals surface area contributed by atoms with Crippen LogP contribution in [0.3, 0.4) is 0 Å². The zero-order chi connectivity index (χ0) is 16.2. The Labute approximate surface area is 139 Å². The van der Waals surface area contributed by atoms with E-state index in [-0.39, 0.29) is 4.90 Å². The number of methoxy groups -OCH3 is 1. The third-order valence-corrected chi connectivity index (χ3v) is 5.89. The molecule has 0 radical (unpaired) electrons. The maximum Gasteiger partial charge on any atom is 0.243 e. The second-order valence-electron chi connectivity index (χ2n) is 4.71. The summed E-state index contributed by atoms with van der Waals surface area (Å²) in [6.45, 7) is 2.57. The monoisotopic (exact) mass is 383 g/mol. The Hall–Kier alpha value is -1.37. The summed E-state index contributed by atoms with van der Waals surface area (Å²) >= 11 is 3.33. The van der Waals surface area contributed by atoms with Crippen LogP contribution in [0.1, 0.15) is 12.5 Å². The van der Waals surface area contributed by atoms with Gasteiger partial charge in [0.05, 0.1) is 16.5 Å². The van der Waals surface area contributed by atoms with E-state index in [1.807, 2.05) is 37.3 Å². The summed E-state index contributed by atoms with van der Waals surface area (Å²) in [6, 6.07) is 14.3. The lowest BCUT2D eigenvalue weighted by atomic mass is 10.2. The van der Waals surface area contributed by atoms with Gasteiger partial charge in [-0.3, -0.25) is 0 Å². The summed E-state index contributed by atoms with van der Waals surface area (Å²) < 4.78 is 33.0. The van der Waals surface area contributed by atoms with Crippen molar-refractivity contribution in [3.63, 3.8) is 0 Å². The van der Waals surface area contributed by atoms with Crippen molar-refractivity contribution < 1.29 is 13.2 Å². The van der Waals surface area contributed by atoms with Crippen molar-refractivity contribution in [2.75, 3.05) is 13.7 Å². The van der Waals surface area contributed by atoms with Crippen LogP contribution >= 0.6 is 15.9 Å².